The van der Waals surface area contributed by atoms with E-state index in [-0.39, 0.29) is 5.41 Å². The quantitative estimate of drug-likeness (QED) is 0.256. The minimum Gasteiger partial charge on any atom is -0.265 e. The van der Waals surface area contributed by atoms with Gasteiger partial charge >= 0.3 is 0 Å². The number of aromatic nitrogens is 2. The minimum atomic E-state index is -0.125. The Morgan fingerprint density at radius 2 is 1.08 bits per heavy atom. The summed E-state index contributed by atoms with van der Waals surface area (Å²) in [6.07, 6.45) is 3.67. The molecule has 0 fully saturated rings. The van der Waals surface area contributed by atoms with Crippen LogP contribution in [0, 0.1) is 0 Å². The molecule has 1 aliphatic rings. The first kappa shape index (κ1) is 21.7. The van der Waals surface area contributed by atoms with Gasteiger partial charge in [-0.05, 0) is 62.7 Å². The van der Waals surface area contributed by atoms with Crippen molar-refractivity contribution in [2.24, 2.45) is 0 Å². The van der Waals surface area contributed by atoms with Crippen LogP contribution in [0.1, 0.15) is 25.0 Å². The lowest BCUT2D eigenvalue weighted by atomic mass is 9.78. The highest BCUT2D eigenvalue weighted by Gasteiger charge is 2.39. The molecule has 0 radical (unpaired) electrons. The summed E-state index contributed by atoms with van der Waals surface area (Å²) in [7, 11) is 0. The van der Waals surface area contributed by atoms with Gasteiger partial charge < -0.3 is 0 Å². The predicted octanol–water partition coefficient (Wildman–Crippen LogP) is 8.94. The second-order valence-electron chi connectivity index (χ2n) is 10.3. The van der Waals surface area contributed by atoms with Crippen LogP contribution in [-0.2, 0) is 5.41 Å². The Balaban J connectivity index is 1.35. The largest absolute Gasteiger partial charge is 0.265 e. The van der Waals surface area contributed by atoms with Crippen LogP contribution in [0.2, 0.25) is 0 Å². The fourth-order valence-corrected chi connectivity index (χ4v) is 5.91. The Kier molecular flexibility index (Phi) is 4.84. The van der Waals surface area contributed by atoms with Gasteiger partial charge in [0.15, 0.2) is 0 Å². The summed E-state index contributed by atoms with van der Waals surface area (Å²) < 4.78 is 0. The molecule has 0 atom stereocenters. The zero-order chi connectivity index (χ0) is 25.0. The van der Waals surface area contributed by atoms with Gasteiger partial charge in [0.2, 0.25) is 0 Å². The number of rotatable bonds is 3. The molecule has 0 aliphatic heterocycles. The fraction of sp³-hybridized carbons (Fsp3) is 0.0857. The Hall–Kier alpha value is -4.56. The van der Waals surface area contributed by atoms with Crippen LogP contribution in [0.15, 0.2) is 122 Å². The van der Waals surface area contributed by atoms with Crippen LogP contribution >= 0.6 is 0 Å². The lowest BCUT2D eigenvalue weighted by molar-refractivity contribution is 0.662. The average molecular weight is 475 g/mol. The molecule has 0 saturated heterocycles. The first-order valence-electron chi connectivity index (χ1n) is 12.8. The number of para-hydroxylation sites is 1. The zero-order valence-corrected chi connectivity index (χ0v) is 20.9. The van der Waals surface area contributed by atoms with Crippen LogP contribution in [0.4, 0.5) is 0 Å². The van der Waals surface area contributed by atoms with Gasteiger partial charge in [-0.25, -0.2) is 4.98 Å². The normalized spacial score (nSPS) is 13.4. The van der Waals surface area contributed by atoms with E-state index in [4.69, 9.17) is 4.98 Å². The molecule has 2 heteroatoms. The number of hydrogen-bond donors (Lipinski definition) is 0. The molecule has 6 aromatic rings. The van der Waals surface area contributed by atoms with Gasteiger partial charge in [0.25, 0.3) is 0 Å². The maximum atomic E-state index is 5.17. The van der Waals surface area contributed by atoms with Gasteiger partial charge in [-0.15, -0.1) is 0 Å². The molecule has 0 N–H and O–H groups in total. The third-order valence-electron chi connectivity index (χ3n) is 7.78. The number of benzene rings is 4. The maximum absolute atomic E-state index is 5.17. The van der Waals surface area contributed by atoms with Gasteiger partial charge in [-0.1, -0.05) is 105 Å². The molecule has 0 unspecified atom stereocenters. The average Bonchev–Trinajstić information content (AvgIpc) is 3.19. The van der Waals surface area contributed by atoms with E-state index < -0.39 is 0 Å². The van der Waals surface area contributed by atoms with Crippen molar-refractivity contribution in [1.82, 2.24) is 9.97 Å². The van der Waals surface area contributed by atoms with E-state index in [1.165, 1.54) is 55.5 Å². The Morgan fingerprint density at radius 3 is 1.76 bits per heavy atom. The van der Waals surface area contributed by atoms with Crippen molar-refractivity contribution >= 4 is 10.9 Å². The lowest BCUT2D eigenvalue weighted by Crippen LogP contribution is -2.16. The van der Waals surface area contributed by atoms with E-state index in [0.717, 1.165) is 11.2 Å². The molecule has 0 saturated carbocycles. The van der Waals surface area contributed by atoms with E-state index in [9.17, 15) is 0 Å². The summed E-state index contributed by atoms with van der Waals surface area (Å²) in [5.74, 6) is 0. The van der Waals surface area contributed by atoms with Crippen LogP contribution in [-0.4, -0.2) is 9.97 Å². The molecule has 2 heterocycles. The third-order valence-corrected chi connectivity index (χ3v) is 7.78. The molecule has 0 bridgehead atoms. The van der Waals surface area contributed by atoms with Crippen LogP contribution < -0.4 is 0 Å². The number of pyridine rings is 2. The summed E-state index contributed by atoms with van der Waals surface area (Å²) in [5, 5.41) is 1.21. The monoisotopic (exact) mass is 474 g/mol. The molecule has 2 nitrogen and oxygen atoms in total. The zero-order valence-electron chi connectivity index (χ0n) is 20.9. The fourth-order valence-electron chi connectivity index (χ4n) is 5.91. The Morgan fingerprint density at radius 1 is 0.541 bits per heavy atom. The maximum Gasteiger partial charge on any atom is 0.0759 e. The van der Waals surface area contributed by atoms with Gasteiger partial charge in [-0.3, -0.25) is 4.98 Å². The van der Waals surface area contributed by atoms with Crippen LogP contribution in [0.3, 0.4) is 0 Å². The topological polar surface area (TPSA) is 25.8 Å². The van der Waals surface area contributed by atoms with Crippen molar-refractivity contribution in [1.29, 1.82) is 0 Å². The Bertz CT molecular complexity index is 1760. The predicted molar refractivity (Wildman–Crippen MR) is 153 cm³/mol. The first-order valence-corrected chi connectivity index (χ1v) is 12.8. The smallest absolute Gasteiger partial charge is 0.0759 e. The molecular weight excluding hydrogens is 448 g/mol. The molecule has 4 aromatic carbocycles. The summed E-state index contributed by atoms with van der Waals surface area (Å²) in [5.41, 5.74) is 13.3. The standard InChI is InChI=1S/C35H26N2/c1-35(2)30-9-5-3-7-28(30)34-33(35)32(29-8-4-6-10-31(29)37-34)27-17-15-24(16-18-27)23-11-13-25(14-12-23)26-19-21-36-22-20-26/h3-22H,1-2H3. The van der Waals surface area contributed by atoms with E-state index in [1.54, 1.807) is 0 Å². The van der Waals surface area contributed by atoms with Crippen molar-refractivity contribution in [2.45, 2.75) is 19.3 Å². The summed E-state index contributed by atoms with van der Waals surface area (Å²) >= 11 is 0. The molecule has 0 spiro atoms. The van der Waals surface area contributed by atoms with Crippen LogP contribution in [0.25, 0.3) is 55.5 Å². The molecule has 176 valence electrons. The molecule has 0 amide bonds. The van der Waals surface area contributed by atoms with E-state index in [1.807, 2.05) is 24.5 Å². The third kappa shape index (κ3) is 3.41. The summed E-state index contributed by atoms with van der Waals surface area (Å²) in [4.78, 5) is 9.30. The number of hydrogen-bond acceptors (Lipinski definition) is 2. The van der Waals surface area contributed by atoms with E-state index >= 15 is 0 Å². The van der Waals surface area contributed by atoms with Gasteiger partial charge in [-0.2, -0.15) is 0 Å². The molecule has 7 rings (SSSR count). The van der Waals surface area contributed by atoms with Crippen molar-refractivity contribution in [2.75, 3.05) is 0 Å². The minimum absolute atomic E-state index is 0.125. The highest BCUT2D eigenvalue weighted by atomic mass is 14.7. The first-order chi connectivity index (χ1) is 18.1. The van der Waals surface area contributed by atoms with E-state index in [2.05, 4.69) is 116 Å². The van der Waals surface area contributed by atoms with E-state index in [0.29, 0.717) is 0 Å². The van der Waals surface area contributed by atoms with Crippen LogP contribution in [0.5, 0.6) is 0 Å². The second kappa shape index (κ2) is 8.25. The van der Waals surface area contributed by atoms with Crippen molar-refractivity contribution in [3.05, 3.63) is 133 Å². The highest BCUT2D eigenvalue weighted by molar-refractivity contribution is 6.02. The molecule has 2 aromatic heterocycles. The second-order valence-corrected chi connectivity index (χ2v) is 10.3. The lowest BCUT2D eigenvalue weighted by Gasteiger charge is -2.25. The highest BCUT2D eigenvalue weighted by Crippen LogP contribution is 2.53. The SMILES string of the molecule is CC1(C)c2ccccc2-c2nc3ccccc3c(-c3ccc(-c4ccc(-c5ccncc5)cc4)cc3)c21. The van der Waals surface area contributed by atoms with Crippen molar-refractivity contribution in [3.8, 4) is 44.6 Å². The number of nitrogens with zero attached hydrogens (tertiary/aromatic N) is 2. The van der Waals surface area contributed by atoms with Crippen molar-refractivity contribution < 1.29 is 0 Å². The van der Waals surface area contributed by atoms with Gasteiger partial charge in [0.05, 0.1) is 11.2 Å². The van der Waals surface area contributed by atoms with Gasteiger partial charge in [0, 0.05) is 28.8 Å². The molecule has 37 heavy (non-hydrogen) atoms. The molecule has 1 aliphatic carbocycles. The van der Waals surface area contributed by atoms with Crippen molar-refractivity contribution in [3.63, 3.8) is 0 Å². The number of fused-ring (bicyclic) bond motifs is 4. The summed E-state index contributed by atoms with van der Waals surface area (Å²) in [6, 6.07) is 39.1. The summed E-state index contributed by atoms with van der Waals surface area (Å²) in [6.45, 7) is 4.66. The molecular formula is C35H26N2. The van der Waals surface area contributed by atoms with Gasteiger partial charge in [0.1, 0.15) is 0 Å². The Labute approximate surface area is 217 Å².